The molecule has 0 bridgehead atoms. The maximum atomic E-state index is 8.58. The Morgan fingerprint density at radius 2 is 1.75 bits per heavy atom. The molecule has 0 aromatic heterocycles. The molecule has 0 aromatic rings. The maximum Gasteiger partial charge on any atom is 0.0241 e. The average molecular weight is 165 g/mol. The minimum absolute atomic E-state index is 0.719. The first kappa shape index (κ1) is 8.10. The van der Waals surface area contributed by atoms with Crippen LogP contribution in [0.4, 0.5) is 0 Å². The summed E-state index contributed by atoms with van der Waals surface area (Å²) in [5, 5.41) is 8.58. The van der Waals surface area contributed by atoms with Crippen LogP contribution in [-0.4, -0.2) is 11.8 Å². The summed E-state index contributed by atoms with van der Waals surface area (Å²) in [7, 11) is 0. The van der Waals surface area contributed by atoms with Crippen LogP contribution in [0.25, 0.3) is 0 Å². The van der Waals surface area contributed by atoms with Crippen molar-refractivity contribution in [3.8, 4) is 11.8 Å². The topological polar surface area (TPSA) is 32.3 Å². The van der Waals surface area contributed by atoms with Gasteiger partial charge in [-0.15, -0.1) is 11.8 Å². The number of hydrogen-bond donors (Lipinski definition) is 2. The Bertz CT molecular complexity index is 198. The summed E-state index contributed by atoms with van der Waals surface area (Å²) in [6, 6.07) is 0. The van der Waals surface area contributed by atoms with E-state index in [-0.39, 0.29) is 0 Å². The Kier molecular flexibility index (Phi) is 2.34. The van der Waals surface area contributed by atoms with Gasteiger partial charge in [-0.3, -0.25) is 0 Å². The maximum absolute atomic E-state index is 8.58. The first-order valence-electron chi connectivity index (χ1n) is 4.76. The van der Waals surface area contributed by atoms with Gasteiger partial charge in [-0.1, -0.05) is 0 Å². The second kappa shape index (κ2) is 3.47. The second-order valence-corrected chi connectivity index (χ2v) is 3.78. The van der Waals surface area contributed by atoms with Crippen molar-refractivity contribution in [2.45, 2.75) is 25.7 Å². The molecule has 2 atom stereocenters. The predicted octanol–water partition coefficient (Wildman–Crippen LogP) is 1.40. The van der Waals surface area contributed by atoms with E-state index in [1.54, 1.807) is 0 Å². The summed E-state index contributed by atoms with van der Waals surface area (Å²) in [6.45, 7) is 0.773. The number of nitrogens with one attached hydrogen (secondary N) is 1. The Morgan fingerprint density at radius 1 is 1.17 bits per heavy atom. The molecule has 2 N–H and O–H groups in total. The highest BCUT2D eigenvalue weighted by molar-refractivity contribution is 5.07. The van der Waals surface area contributed by atoms with Crippen LogP contribution in [0.15, 0.2) is 0 Å². The molecule has 12 heavy (non-hydrogen) atoms. The molecule has 2 aliphatic carbocycles. The van der Waals surface area contributed by atoms with Gasteiger partial charge in [-0.05, 0) is 30.6 Å². The van der Waals surface area contributed by atoms with Crippen LogP contribution in [-0.2, 0) is 0 Å². The third-order valence-electron chi connectivity index (χ3n) is 3.17. The number of fused-ring (bicyclic) bond motifs is 1. The van der Waals surface area contributed by atoms with Crippen LogP contribution in [0, 0.1) is 29.6 Å². The van der Waals surface area contributed by atoms with Crippen molar-refractivity contribution in [1.29, 1.82) is 0 Å². The summed E-state index contributed by atoms with van der Waals surface area (Å²) < 4.78 is 0. The van der Waals surface area contributed by atoms with Crippen molar-refractivity contribution in [3.05, 3.63) is 0 Å². The minimum atomic E-state index is 0.719. The van der Waals surface area contributed by atoms with Crippen molar-refractivity contribution in [3.63, 3.8) is 0 Å². The lowest BCUT2D eigenvalue weighted by Gasteiger charge is -1.96. The van der Waals surface area contributed by atoms with Gasteiger partial charge in [-0.25, -0.2) is 5.48 Å². The molecule has 1 fully saturated rings. The van der Waals surface area contributed by atoms with Crippen molar-refractivity contribution >= 4 is 0 Å². The van der Waals surface area contributed by atoms with E-state index in [0.29, 0.717) is 0 Å². The number of hydroxylamine groups is 1. The molecule has 0 saturated heterocycles. The normalized spacial score (nSPS) is 38.6. The van der Waals surface area contributed by atoms with Gasteiger partial charge in [0.1, 0.15) is 0 Å². The van der Waals surface area contributed by atoms with Crippen LogP contribution in [0.5, 0.6) is 0 Å². The van der Waals surface area contributed by atoms with Gasteiger partial charge < -0.3 is 5.21 Å². The minimum Gasteiger partial charge on any atom is -0.317 e. The van der Waals surface area contributed by atoms with Crippen molar-refractivity contribution in [1.82, 2.24) is 5.48 Å². The van der Waals surface area contributed by atoms with Gasteiger partial charge >= 0.3 is 0 Å². The van der Waals surface area contributed by atoms with Gasteiger partial charge in [0.2, 0.25) is 0 Å². The summed E-state index contributed by atoms with van der Waals surface area (Å²) in [4.78, 5) is 0. The van der Waals surface area contributed by atoms with Crippen molar-refractivity contribution in [2.24, 2.45) is 17.8 Å². The molecular formula is C10H15NO. The molecule has 2 rings (SSSR count). The fourth-order valence-electron chi connectivity index (χ4n) is 2.44. The lowest BCUT2D eigenvalue weighted by atomic mass is 10.1. The smallest absolute Gasteiger partial charge is 0.0241 e. The van der Waals surface area contributed by atoms with Crippen LogP contribution < -0.4 is 5.48 Å². The van der Waals surface area contributed by atoms with Crippen LogP contribution in [0.2, 0.25) is 0 Å². The molecule has 0 aromatic carbocycles. The summed E-state index contributed by atoms with van der Waals surface area (Å²) in [6.07, 6.45) is 4.60. The van der Waals surface area contributed by atoms with Gasteiger partial charge in [0.25, 0.3) is 0 Å². The Labute approximate surface area is 73.3 Å². The molecule has 0 heterocycles. The quantitative estimate of drug-likeness (QED) is 0.479. The molecule has 2 heteroatoms. The van der Waals surface area contributed by atoms with Crippen LogP contribution >= 0.6 is 0 Å². The van der Waals surface area contributed by atoms with Gasteiger partial charge in [0.05, 0.1) is 0 Å². The number of rotatable bonds is 2. The highest BCUT2D eigenvalue weighted by Gasteiger charge is 2.47. The third kappa shape index (κ3) is 1.48. The highest BCUT2D eigenvalue weighted by atomic mass is 16.5. The molecular weight excluding hydrogens is 150 g/mol. The van der Waals surface area contributed by atoms with Gasteiger partial charge in [0.15, 0.2) is 0 Å². The van der Waals surface area contributed by atoms with E-state index < -0.39 is 0 Å². The van der Waals surface area contributed by atoms with Crippen LogP contribution in [0.3, 0.4) is 0 Å². The Balaban J connectivity index is 1.87. The average Bonchev–Trinajstić information content (AvgIpc) is 2.61. The molecule has 0 spiro atoms. The summed E-state index contributed by atoms with van der Waals surface area (Å²) in [5.74, 6) is 8.76. The molecule has 1 saturated carbocycles. The van der Waals surface area contributed by atoms with E-state index in [9.17, 15) is 0 Å². The Morgan fingerprint density at radius 3 is 2.25 bits per heavy atom. The van der Waals surface area contributed by atoms with Crippen molar-refractivity contribution < 1.29 is 5.21 Å². The van der Waals surface area contributed by atoms with E-state index in [1.165, 1.54) is 12.8 Å². The molecule has 2 aliphatic rings. The monoisotopic (exact) mass is 165 g/mol. The first-order valence-corrected chi connectivity index (χ1v) is 4.76. The second-order valence-electron chi connectivity index (χ2n) is 3.78. The standard InChI is InChI=1S/C10H15NO/c12-11-7-10-8-5-3-1-2-4-6-9(8)10/h8-12H,3-7H2. The third-order valence-corrected chi connectivity index (χ3v) is 3.17. The number of hydrogen-bond acceptors (Lipinski definition) is 2. The van der Waals surface area contributed by atoms with E-state index in [0.717, 1.165) is 37.1 Å². The van der Waals surface area contributed by atoms with Crippen LogP contribution in [0.1, 0.15) is 25.7 Å². The molecule has 2 unspecified atom stereocenters. The largest absolute Gasteiger partial charge is 0.317 e. The van der Waals surface area contributed by atoms with Gasteiger partial charge in [-0.2, -0.15) is 0 Å². The fraction of sp³-hybridized carbons (Fsp3) is 0.800. The molecule has 0 amide bonds. The van der Waals surface area contributed by atoms with Crippen molar-refractivity contribution in [2.75, 3.05) is 6.54 Å². The lowest BCUT2D eigenvalue weighted by Crippen LogP contribution is -2.12. The van der Waals surface area contributed by atoms with E-state index >= 15 is 0 Å². The zero-order valence-electron chi connectivity index (χ0n) is 7.21. The highest BCUT2D eigenvalue weighted by Crippen LogP contribution is 2.51. The molecule has 2 nitrogen and oxygen atoms in total. The Hall–Kier alpha value is -0.520. The van der Waals surface area contributed by atoms with E-state index in [1.807, 2.05) is 0 Å². The van der Waals surface area contributed by atoms with E-state index in [4.69, 9.17) is 5.21 Å². The zero-order valence-corrected chi connectivity index (χ0v) is 7.21. The molecule has 0 radical (unpaired) electrons. The molecule has 66 valence electrons. The zero-order chi connectivity index (χ0) is 8.39. The summed E-state index contributed by atoms with van der Waals surface area (Å²) in [5.41, 5.74) is 2.29. The fourth-order valence-corrected chi connectivity index (χ4v) is 2.44. The summed E-state index contributed by atoms with van der Waals surface area (Å²) >= 11 is 0. The first-order chi connectivity index (χ1) is 5.93. The lowest BCUT2D eigenvalue weighted by molar-refractivity contribution is 0.158. The molecule has 0 aliphatic heterocycles. The van der Waals surface area contributed by atoms with E-state index in [2.05, 4.69) is 17.3 Å². The SMILES string of the molecule is ONCC1C2CCC#CCCC21. The van der Waals surface area contributed by atoms with Gasteiger partial charge in [0, 0.05) is 19.4 Å². The predicted molar refractivity (Wildman–Crippen MR) is 46.5 cm³/mol.